The van der Waals surface area contributed by atoms with Gasteiger partial charge >= 0.3 is 0 Å². The number of benzene rings is 2. The smallest absolute Gasteiger partial charge is 0.221 e. The molecule has 0 fully saturated rings. The zero-order valence-corrected chi connectivity index (χ0v) is 18.5. The predicted molar refractivity (Wildman–Crippen MR) is 128 cm³/mol. The highest BCUT2D eigenvalue weighted by Crippen LogP contribution is 2.41. The summed E-state index contributed by atoms with van der Waals surface area (Å²) in [5.41, 5.74) is 8.74. The summed E-state index contributed by atoms with van der Waals surface area (Å²) < 4.78 is 32.3. The van der Waals surface area contributed by atoms with Crippen molar-refractivity contribution in [2.45, 2.75) is 13.0 Å². The first-order valence-corrected chi connectivity index (χ1v) is 11.3. The molecule has 0 aliphatic heterocycles. The molecule has 0 amide bonds. The molecule has 0 unspecified atom stereocenters. The molecular weight excluding hydrogens is 456 g/mol. The molecule has 0 saturated heterocycles. The van der Waals surface area contributed by atoms with Gasteiger partial charge in [-0.1, -0.05) is 23.4 Å². The zero-order valence-electron chi connectivity index (χ0n) is 17.7. The minimum absolute atomic E-state index is 0.000828. The molecule has 0 bridgehead atoms. The van der Waals surface area contributed by atoms with E-state index in [2.05, 4.69) is 25.3 Å². The van der Waals surface area contributed by atoms with Gasteiger partial charge in [-0.2, -0.15) is 0 Å². The fourth-order valence-corrected chi connectivity index (χ4v) is 5.32. The lowest BCUT2D eigenvalue weighted by molar-refractivity contribution is 0.549. The second-order valence-corrected chi connectivity index (χ2v) is 8.89. The number of nitrogens with one attached hydrogen (secondary N) is 1. The molecule has 6 rings (SSSR count). The summed E-state index contributed by atoms with van der Waals surface area (Å²) in [6.07, 6.45) is 5.33. The fraction of sp³-hybridized carbons (Fsp3) is 0.0833. The maximum absolute atomic E-state index is 15.5. The molecule has 0 aliphatic rings. The number of aryl methyl sites for hydroxylation is 2. The van der Waals surface area contributed by atoms with Crippen molar-refractivity contribution in [3.05, 3.63) is 78.4 Å². The Balaban J connectivity index is 1.46. The number of anilines is 1. The van der Waals surface area contributed by atoms with Crippen molar-refractivity contribution < 1.29 is 8.78 Å². The molecule has 3 N–H and O–H groups in total. The number of nitrogens with zero attached hydrogens (tertiary/aromatic N) is 5. The first-order valence-electron chi connectivity index (χ1n) is 10.5. The second-order valence-electron chi connectivity index (χ2n) is 7.84. The van der Waals surface area contributed by atoms with Gasteiger partial charge in [0, 0.05) is 46.6 Å². The van der Waals surface area contributed by atoms with E-state index in [1.165, 1.54) is 23.5 Å². The summed E-state index contributed by atoms with van der Waals surface area (Å²) in [5, 5.41) is 9.35. The zero-order chi connectivity index (χ0) is 23.2. The number of hydrogen-bond acceptors (Lipinski definition) is 6. The standard InChI is InChI=1S/C24H17F2N7S/c25-15-10-13-4-6-28-21(13)17(12-15)16-3-1-2-14-11-19(34-23(14)16)22-20(26)18(30-24(27)31-22)5-8-33-9-7-29-32-33/h1-4,6-7,9-12,28H,5,8H2,(H2,27,30,31). The van der Waals surface area contributed by atoms with E-state index in [0.717, 1.165) is 32.1 Å². The van der Waals surface area contributed by atoms with Crippen molar-refractivity contribution >= 4 is 38.3 Å². The molecule has 34 heavy (non-hydrogen) atoms. The van der Waals surface area contributed by atoms with Gasteiger partial charge in [-0.05, 0) is 29.7 Å². The molecule has 4 aromatic heterocycles. The number of hydrogen-bond donors (Lipinski definition) is 2. The Morgan fingerprint density at radius 1 is 1.03 bits per heavy atom. The van der Waals surface area contributed by atoms with Gasteiger partial charge in [0.25, 0.3) is 0 Å². The quantitative estimate of drug-likeness (QED) is 0.359. The van der Waals surface area contributed by atoms with Crippen molar-refractivity contribution in [2.24, 2.45) is 0 Å². The molecule has 0 spiro atoms. The van der Waals surface area contributed by atoms with E-state index in [9.17, 15) is 4.39 Å². The van der Waals surface area contributed by atoms with Crippen LogP contribution >= 0.6 is 11.3 Å². The number of fused-ring (bicyclic) bond motifs is 2. The van der Waals surface area contributed by atoms with Gasteiger partial charge in [-0.15, -0.1) is 16.4 Å². The topological polar surface area (TPSA) is 98.3 Å². The maximum atomic E-state index is 15.5. The normalized spacial score (nSPS) is 11.6. The molecule has 0 aliphatic carbocycles. The third-order valence-electron chi connectivity index (χ3n) is 5.68. The molecule has 0 saturated carbocycles. The number of aromatic amines is 1. The van der Waals surface area contributed by atoms with Crippen LogP contribution in [0.4, 0.5) is 14.7 Å². The highest BCUT2D eigenvalue weighted by molar-refractivity contribution is 7.22. The molecule has 168 valence electrons. The number of aromatic nitrogens is 6. The molecule has 6 aromatic rings. The van der Waals surface area contributed by atoms with Gasteiger partial charge < -0.3 is 10.7 Å². The Hall–Kier alpha value is -4.18. The SMILES string of the molecule is Nc1nc(CCn2ccnn2)c(F)c(-c2cc3cccc(-c4cc(F)cc5cc[nH]c45)c3s2)n1. The lowest BCUT2D eigenvalue weighted by Gasteiger charge is -2.07. The number of nitrogens with two attached hydrogens (primary N) is 1. The number of halogens is 2. The average molecular weight is 474 g/mol. The van der Waals surface area contributed by atoms with Gasteiger partial charge in [-0.25, -0.2) is 18.7 Å². The van der Waals surface area contributed by atoms with Gasteiger partial charge in [0.1, 0.15) is 11.5 Å². The second kappa shape index (κ2) is 7.99. The van der Waals surface area contributed by atoms with Crippen LogP contribution in [0.3, 0.4) is 0 Å². The molecule has 7 nitrogen and oxygen atoms in total. The van der Waals surface area contributed by atoms with E-state index in [1.54, 1.807) is 23.3 Å². The highest BCUT2D eigenvalue weighted by Gasteiger charge is 2.19. The first kappa shape index (κ1) is 20.4. The number of rotatable bonds is 5. The lowest BCUT2D eigenvalue weighted by atomic mass is 10.0. The van der Waals surface area contributed by atoms with E-state index in [0.29, 0.717) is 17.8 Å². The molecule has 2 aromatic carbocycles. The number of H-pyrrole nitrogens is 1. The average Bonchev–Trinajstić information content (AvgIpc) is 3.58. The maximum Gasteiger partial charge on any atom is 0.221 e. The number of thiophene rings is 1. The van der Waals surface area contributed by atoms with E-state index in [1.807, 2.05) is 30.3 Å². The minimum atomic E-state index is -0.514. The van der Waals surface area contributed by atoms with Gasteiger partial charge in [0.15, 0.2) is 5.82 Å². The Labute approximate surface area is 195 Å². The summed E-state index contributed by atoms with van der Waals surface area (Å²) in [6.45, 7) is 0.412. The van der Waals surface area contributed by atoms with Crippen LogP contribution in [0.25, 0.3) is 42.7 Å². The summed E-state index contributed by atoms with van der Waals surface area (Å²) in [7, 11) is 0. The van der Waals surface area contributed by atoms with Crippen LogP contribution in [0.15, 0.2) is 61.1 Å². The Morgan fingerprint density at radius 2 is 1.94 bits per heavy atom. The number of nitrogen functional groups attached to an aromatic ring is 1. The van der Waals surface area contributed by atoms with Crippen molar-refractivity contribution in [1.82, 2.24) is 29.9 Å². The largest absolute Gasteiger partial charge is 0.368 e. The lowest BCUT2D eigenvalue weighted by Crippen LogP contribution is -2.09. The molecule has 0 atom stereocenters. The van der Waals surface area contributed by atoms with Crippen molar-refractivity contribution in [1.29, 1.82) is 0 Å². The third kappa shape index (κ3) is 3.48. The minimum Gasteiger partial charge on any atom is -0.368 e. The molecular formula is C24H17F2N7S. The first-order chi connectivity index (χ1) is 16.6. The summed E-state index contributed by atoms with van der Waals surface area (Å²) >= 11 is 1.39. The van der Waals surface area contributed by atoms with Crippen LogP contribution in [0.5, 0.6) is 0 Å². The van der Waals surface area contributed by atoms with E-state index < -0.39 is 5.82 Å². The van der Waals surface area contributed by atoms with Crippen LogP contribution < -0.4 is 5.73 Å². The van der Waals surface area contributed by atoms with Crippen molar-refractivity contribution in [3.63, 3.8) is 0 Å². The Bertz CT molecular complexity index is 1650. The fourth-order valence-electron chi connectivity index (χ4n) is 4.15. The van der Waals surface area contributed by atoms with Crippen LogP contribution in [0.1, 0.15) is 5.69 Å². The van der Waals surface area contributed by atoms with Gasteiger partial charge in [-0.3, -0.25) is 4.68 Å². The van der Waals surface area contributed by atoms with Crippen LogP contribution in [-0.4, -0.2) is 29.9 Å². The van der Waals surface area contributed by atoms with Gasteiger partial charge in [0.2, 0.25) is 5.95 Å². The van der Waals surface area contributed by atoms with Crippen molar-refractivity contribution in [3.8, 4) is 21.7 Å². The van der Waals surface area contributed by atoms with E-state index in [4.69, 9.17) is 5.73 Å². The predicted octanol–water partition coefficient (Wildman–Crippen LogP) is 5.20. The highest BCUT2D eigenvalue weighted by atomic mass is 32.1. The summed E-state index contributed by atoms with van der Waals surface area (Å²) in [5.74, 6) is -0.830. The van der Waals surface area contributed by atoms with E-state index >= 15 is 4.39 Å². The van der Waals surface area contributed by atoms with E-state index in [-0.39, 0.29) is 23.2 Å². The molecule has 0 radical (unpaired) electrons. The summed E-state index contributed by atoms with van der Waals surface area (Å²) in [6, 6.07) is 12.5. The van der Waals surface area contributed by atoms with Crippen LogP contribution in [0, 0.1) is 11.6 Å². The van der Waals surface area contributed by atoms with Crippen LogP contribution in [0.2, 0.25) is 0 Å². The Morgan fingerprint density at radius 3 is 2.79 bits per heavy atom. The Kier molecular flexibility index (Phi) is 4.80. The van der Waals surface area contributed by atoms with Crippen LogP contribution in [-0.2, 0) is 13.0 Å². The van der Waals surface area contributed by atoms with Gasteiger partial charge in [0.05, 0.1) is 22.3 Å². The third-order valence-corrected chi connectivity index (χ3v) is 6.87. The monoisotopic (exact) mass is 473 g/mol. The molecule has 4 heterocycles. The summed E-state index contributed by atoms with van der Waals surface area (Å²) in [4.78, 5) is 12.1. The molecule has 10 heteroatoms. The van der Waals surface area contributed by atoms with Crippen molar-refractivity contribution in [2.75, 3.05) is 5.73 Å².